The lowest BCUT2D eigenvalue weighted by Crippen LogP contribution is -2.35. The average molecular weight is 317 g/mol. The van der Waals surface area contributed by atoms with Gasteiger partial charge >= 0.3 is 0 Å². The van der Waals surface area contributed by atoms with E-state index in [2.05, 4.69) is 36.4 Å². The third-order valence-corrected chi connectivity index (χ3v) is 4.56. The number of carbonyl (C=O) groups is 1. The second-order valence-electron chi connectivity index (χ2n) is 5.19. The molecule has 0 saturated carbocycles. The number of amides is 1. The van der Waals surface area contributed by atoms with Crippen molar-refractivity contribution in [2.24, 2.45) is 0 Å². The fraction of sp³-hybridized carbons (Fsp3) is 0.412. The quantitative estimate of drug-likeness (QED) is 0.811. The summed E-state index contributed by atoms with van der Waals surface area (Å²) in [7, 11) is 0. The van der Waals surface area contributed by atoms with E-state index in [1.807, 2.05) is 29.1 Å². The van der Waals surface area contributed by atoms with E-state index >= 15 is 0 Å². The summed E-state index contributed by atoms with van der Waals surface area (Å²) in [5.74, 6) is 1.49. The van der Waals surface area contributed by atoms with Crippen LogP contribution in [0.5, 0.6) is 0 Å². The van der Waals surface area contributed by atoms with E-state index in [0.29, 0.717) is 11.8 Å². The molecule has 0 unspecified atom stereocenters. The maximum absolute atomic E-state index is 11.8. The Balaban J connectivity index is 1.76. The van der Waals surface area contributed by atoms with Crippen molar-refractivity contribution in [2.45, 2.75) is 38.5 Å². The molecule has 2 aromatic rings. The van der Waals surface area contributed by atoms with E-state index < -0.39 is 0 Å². The van der Waals surface area contributed by atoms with Crippen molar-refractivity contribution < 1.29 is 4.79 Å². The summed E-state index contributed by atoms with van der Waals surface area (Å²) in [5, 5.41) is 7.26. The molecule has 1 heterocycles. The number of hydrogen-bond donors (Lipinski definition) is 1. The highest BCUT2D eigenvalue weighted by molar-refractivity contribution is 7.99. The molecule has 22 heavy (non-hydrogen) atoms. The Labute approximate surface area is 136 Å². The predicted octanol–water partition coefficient (Wildman–Crippen LogP) is 3.41. The number of nitrogens with one attached hydrogen (secondary N) is 1. The molecule has 1 amide bonds. The maximum Gasteiger partial charge on any atom is 0.230 e. The highest BCUT2D eigenvalue weighted by Gasteiger charge is 2.08. The van der Waals surface area contributed by atoms with Crippen LogP contribution in [0.2, 0.25) is 0 Å². The lowest BCUT2D eigenvalue weighted by Gasteiger charge is -2.14. The maximum atomic E-state index is 11.8. The number of hydrogen-bond acceptors (Lipinski definition) is 3. The molecule has 118 valence electrons. The first-order chi connectivity index (χ1) is 10.7. The SMILES string of the molecule is CCC(CC)NC(=O)CSCc1ccc(-n2cccn2)cc1. The Morgan fingerprint density at radius 2 is 2.00 bits per heavy atom. The molecule has 0 spiro atoms. The van der Waals surface area contributed by atoms with Crippen LogP contribution >= 0.6 is 11.8 Å². The van der Waals surface area contributed by atoms with Gasteiger partial charge in [0.05, 0.1) is 11.4 Å². The number of rotatable bonds is 8. The largest absolute Gasteiger partial charge is 0.353 e. The first kappa shape index (κ1) is 16.6. The third-order valence-electron chi connectivity index (χ3n) is 3.56. The van der Waals surface area contributed by atoms with Gasteiger partial charge in [0.2, 0.25) is 5.91 Å². The van der Waals surface area contributed by atoms with Crippen LogP contribution in [0.4, 0.5) is 0 Å². The minimum Gasteiger partial charge on any atom is -0.353 e. The summed E-state index contributed by atoms with van der Waals surface area (Å²) in [4.78, 5) is 11.8. The number of thioether (sulfide) groups is 1. The Bertz CT molecular complexity index is 562. The predicted molar refractivity (Wildman–Crippen MR) is 92.2 cm³/mol. The zero-order chi connectivity index (χ0) is 15.8. The molecule has 0 saturated heterocycles. The molecule has 0 aliphatic heterocycles. The summed E-state index contributed by atoms with van der Waals surface area (Å²) in [6.45, 7) is 4.20. The van der Waals surface area contributed by atoms with E-state index in [9.17, 15) is 4.79 Å². The van der Waals surface area contributed by atoms with Crippen molar-refractivity contribution in [3.05, 3.63) is 48.3 Å². The van der Waals surface area contributed by atoms with Crippen LogP contribution in [0.15, 0.2) is 42.7 Å². The van der Waals surface area contributed by atoms with Gasteiger partial charge in [-0.2, -0.15) is 5.10 Å². The Morgan fingerprint density at radius 1 is 1.27 bits per heavy atom. The number of aromatic nitrogens is 2. The van der Waals surface area contributed by atoms with Crippen LogP contribution < -0.4 is 5.32 Å². The van der Waals surface area contributed by atoms with Crippen LogP contribution in [0.25, 0.3) is 5.69 Å². The summed E-state index contributed by atoms with van der Waals surface area (Å²) in [5.41, 5.74) is 2.27. The second kappa shape index (κ2) is 8.63. The molecular weight excluding hydrogens is 294 g/mol. The third kappa shape index (κ3) is 4.91. The van der Waals surface area contributed by atoms with Crippen molar-refractivity contribution in [3.63, 3.8) is 0 Å². The first-order valence-corrected chi connectivity index (χ1v) is 8.84. The van der Waals surface area contributed by atoms with Crippen LogP contribution in [0.1, 0.15) is 32.3 Å². The number of nitrogens with zero attached hydrogens (tertiary/aromatic N) is 2. The normalized spacial score (nSPS) is 10.9. The van der Waals surface area contributed by atoms with E-state index in [-0.39, 0.29) is 5.91 Å². The smallest absolute Gasteiger partial charge is 0.230 e. The van der Waals surface area contributed by atoms with E-state index in [4.69, 9.17) is 0 Å². The van der Waals surface area contributed by atoms with Gasteiger partial charge in [-0.3, -0.25) is 4.79 Å². The zero-order valence-electron chi connectivity index (χ0n) is 13.2. The van der Waals surface area contributed by atoms with Gasteiger partial charge in [-0.25, -0.2) is 4.68 Å². The van der Waals surface area contributed by atoms with Crippen LogP contribution in [0.3, 0.4) is 0 Å². The van der Waals surface area contributed by atoms with Gasteiger partial charge in [-0.05, 0) is 36.6 Å². The van der Waals surface area contributed by atoms with E-state index in [1.165, 1.54) is 5.56 Å². The van der Waals surface area contributed by atoms with Gasteiger partial charge in [-0.15, -0.1) is 11.8 Å². The lowest BCUT2D eigenvalue weighted by molar-refractivity contribution is -0.119. The summed E-state index contributed by atoms with van der Waals surface area (Å²) >= 11 is 1.65. The summed E-state index contributed by atoms with van der Waals surface area (Å²) in [6, 6.07) is 10.5. The van der Waals surface area contributed by atoms with Crippen molar-refractivity contribution >= 4 is 17.7 Å². The molecular formula is C17H23N3OS. The molecule has 0 aliphatic rings. The Kier molecular flexibility index (Phi) is 6.52. The zero-order valence-corrected chi connectivity index (χ0v) is 14.0. The Hall–Kier alpha value is -1.75. The molecule has 0 fully saturated rings. The fourth-order valence-corrected chi connectivity index (χ4v) is 2.99. The molecule has 0 aliphatic carbocycles. The minimum atomic E-state index is 0.131. The van der Waals surface area contributed by atoms with Crippen LogP contribution in [-0.4, -0.2) is 27.5 Å². The highest BCUT2D eigenvalue weighted by atomic mass is 32.2. The van der Waals surface area contributed by atoms with Gasteiger partial charge in [0, 0.05) is 24.2 Å². The fourth-order valence-electron chi connectivity index (χ4n) is 2.19. The van der Waals surface area contributed by atoms with Crippen molar-refractivity contribution in [1.29, 1.82) is 0 Å². The molecule has 1 N–H and O–H groups in total. The average Bonchev–Trinajstić information content (AvgIpc) is 3.07. The lowest BCUT2D eigenvalue weighted by atomic mass is 10.2. The van der Waals surface area contributed by atoms with Gasteiger partial charge < -0.3 is 5.32 Å². The standard InChI is InChI=1S/C17H23N3OS/c1-3-15(4-2)19-17(21)13-22-12-14-6-8-16(9-7-14)20-11-5-10-18-20/h5-11,15H,3-4,12-13H2,1-2H3,(H,19,21). The summed E-state index contributed by atoms with van der Waals surface area (Å²) in [6.07, 6.45) is 5.66. The van der Waals surface area contributed by atoms with Crippen molar-refractivity contribution in [3.8, 4) is 5.69 Å². The van der Waals surface area contributed by atoms with Crippen molar-refractivity contribution in [2.75, 3.05) is 5.75 Å². The molecule has 0 radical (unpaired) electrons. The molecule has 1 aromatic carbocycles. The van der Waals surface area contributed by atoms with Gasteiger partial charge in [0.25, 0.3) is 0 Å². The molecule has 0 bridgehead atoms. The van der Waals surface area contributed by atoms with Gasteiger partial charge in [-0.1, -0.05) is 26.0 Å². The minimum absolute atomic E-state index is 0.131. The van der Waals surface area contributed by atoms with E-state index in [0.717, 1.165) is 24.3 Å². The number of carbonyl (C=O) groups excluding carboxylic acids is 1. The second-order valence-corrected chi connectivity index (χ2v) is 6.18. The number of benzene rings is 1. The Morgan fingerprint density at radius 3 is 2.59 bits per heavy atom. The molecule has 0 atom stereocenters. The highest BCUT2D eigenvalue weighted by Crippen LogP contribution is 2.15. The topological polar surface area (TPSA) is 46.9 Å². The van der Waals surface area contributed by atoms with E-state index in [1.54, 1.807) is 18.0 Å². The molecule has 5 heteroatoms. The molecule has 2 rings (SSSR count). The summed E-state index contributed by atoms with van der Waals surface area (Å²) < 4.78 is 1.83. The van der Waals surface area contributed by atoms with Crippen LogP contribution in [0, 0.1) is 0 Å². The van der Waals surface area contributed by atoms with Gasteiger partial charge in [0.15, 0.2) is 0 Å². The first-order valence-electron chi connectivity index (χ1n) is 7.69. The molecule has 1 aromatic heterocycles. The molecule has 4 nitrogen and oxygen atoms in total. The monoisotopic (exact) mass is 317 g/mol. The van der Waals surface area contributed by atoms with Crippen molar-refractivity contribution in [1.82, 2.24) is 15.1 Å². The van der Waals surface area contributed by atoms with Crippen LogP contribution in [-0.2, 0) is 10.5 Å². The van der Waals surface area contributed by atoms with Gasteiger partial charge in [0.1, 0.15) is 0 Å².